The molecule has 0 aromatic rings. The van der Waals surface area contributed by atoms with Crippen LogP contribution in [-0.2, 0) is 9.53 Å². The number of carbonyl (C=O) groups is 1. The van der Waals surface area contributed by atoms with Crippen molar-refractivity contribution in [2.75, 3.05) is 13.7 Å². The molecule has 4 heteroatoms. The fourth-order valence-corrected chi connectivity index (χ4v) is 2.43. The van der Waals surface area contributed by atoms with Gasteiger partial charge in [0.1, 0.15) is 0 Å². The highest BCUT2D eigenvalue weighted by Crippen LogP contribution is 2.26. The summed E-state index contributed by atoms with van der Waals surface area (Å²) in [6, 6.07) is 0.316. The van der Waals surface area contributed by atoms with Crippen molar-refractivity contribution in [1.29, 1.82) is 0 Å². The van der Waals surface area contributed by atoms with E-state index in [0.29, 0.717) is 25.1 Å². The van der Waals surface area contributed by atoms with Gasteiger partial charge in [-0.25, -0.2) is 0 Å². The van der Waals surface area contributed by atoms with Crippen molar-refractivity contribution in [3.63, 3.8) is 0 Å². The number of ether oxygens (including phenoxy) is 1. The molecule has 94 valence electrons. The molecular formula is C12H24N2O2. The average molecular weight is 228 g/mol. The van der Waals surface area contributed by atoms with Gasteiger partial charge in [0, 0.05) is 25.8 Å². The van der Waals surface area contributed by atoms with Crippen molar-refractivity contribution >= 4 is 5.91 Å². The maximum atomic E-state index is 12.2. The molecule has 16 heavy (non-hydrogen) atoms. The summed E-state index contributed by atoms with van der Waals surface area (Å²) >= 11 is 0. The number of hydrogen-bond acceptors (Lipinski definition) is 3. The molecule has 0 saturated carbocycles. The zero-order chi connectivity index (χ0) is 12.1. The number of nitrogens with zero attached hydrogens (tertiary/aromatic N) is 1. The summed E-state index contributed by atoms with van der Waals surface area (Å²) in [5.41, 5.74) is 5.89. The minimum absolute atomic E-state index is 0.0916. The Labute approximate surface area is 98.1 Å². The number of hydrogen-bond donors (Lipinski definition) is 1. The zero-order valence-electron chi connectivity index (χ0n) is 10.6. The maximum absolute atomic E-state index is 12.2. The minimum Gasteiger partial charge on any atom is -0.385 e. The average Bonchev–Trinajstić information content (AvgIpc) is 2.66. The standard InChI is InChI=1S/C12H24N2O2/c1-4-10-6-5-9(2)14(10)12(15)11(13)7-8-16-3/h9-11H,4-8,13H2,1-3H3. The van der Waals surface area contributed by atoms with Gasteiger partial charge < -0.3 is 15.4 Å². The molecule has 1 heterocycles. The number of likely N-dealkylation sites (tertiary alicyclic amines) is 1. The van der Waals surface area contributed by atoms with E-state index in [1.807, 2.05) is 4.90 Å². The molecule has 0 spiro atoms. The SMILES string of the molecule is CCC1CCC(C)N1C(=O)C(N)CCOC. The van der Waals surface area contributed by atoms with Crippen LogP contribution in [0.25, 0.3) is 0 Å². The first-order chi connectivity index (χ1) is 7.61. The summed E-state index contributed by atoms with van der Waals surface area (Å²) in [6.45, 7) is 4.78. The summed E-state index contributed by atoms with van der Waals surface area (Å²) < 4.78 is 4.95. The van der Waals surface area contributed by atoms with Gasteiger partial charge in [-0.15, -0.1) is 0 Å². The highest BCUT2D eigenvalue weighted by Gasteiger charge is 2.35. The van der Waals surface area contributed by atoms with Crippen molar-refractivity contribution < 1.29 is 9.53 Å². The molecule has 3 atom stereocenters. The third kappa shape index (κ3) is 2.95. The second-order valence-corrected chi connectivity index (χ2v) is 4.62. The second-order valence-electron chi connectivity index (χ2n) is 4.62. The largest absolute Gasteiger partial charge is 0.385 e. The zero-order valence-corrected chi connectivity index (χ0v) is 10.6. The smallest absolute Gasteiger partial charge is 0.240 e. The number of methoxy groups -OCH3 is 1. The van der Waals surface area contributed by atoms with E-state index in [2.05, 4.69) is 13.8 Å². The highest BCUT2D eigenvalue weighted by atomic mass is 16.5. The molecule has 0 aliphatic carbocycles. The minimum atomic E-state index is -0.408. The van der Waals surface area contributed by atoms with Gasteiger partial charge in [0.2, 0.25) is 5.91 Å². The molecule has 1 saturated heterocycles. The first kappa shape index (κ1) is 13.5. The van der Waals surface area contributed by atoms with E-state index in [1.54, 1.807) is 7.11 Å². The van der Waals surface area contributed by atoms with Gasteiger partial charge in [-0.05, 0) is 32.6 Å². The van der Waals surface area contributed by atoms with Crippen LogP contribution in [0.5, 0.6) is 0 Å². The quantitative estimate of drug-likeness (QED) is 0.767. The molecule has 0 aromatic carbocycles. The molecular weight excluding hydrogens is 204 g/mol. The van der Waals surface area contributed by atoms with Crippen LogP contribution in [-0.4, -0.2) is 42.6 Å². The number of rotatable bonds is 5. The monoisotopic (exact) mass is 228 g/mol. The van der Waals surface area contributed by atoms with Crippen molar-refractivity contribution in [2.24, 2.45) is 5.73 Å². The summed E-state index contributed by atoms with van der Waals surface area (Å²) in [6.07, 6.45) is 3.84. The fourth-order valence-electron chi connectivity index (χ4n) is 2.43. The van der Waals surface area contributed by atoms with E-state index in [-0.39, 0.29) is 5.91 Å². The molecule has 0 aromatic heterocycles. The van der Waals surface area contributed by atoms with E-state index in [9.17, 15) is 4.79 Å². The molecule has 1 fully saturated rings. The maximum Gasteiger partial charge on any atom is 0.240 e. The summed E-state index contributed by atoms with van der Waals surface area (Å²) in [5, 5.41) is 0. The lowest BCUT2D eigenvalue weighted by Gasteiger charge is -2.30. The Morgan fingerprint density at radius 3 is 2.81 bits per heavy atom. The molecule has 1 aliphatic heterocycles. The van der Waals surface area contributed by atoms with Crippen molar-refractivity contribution in [2.45, 2.75) is 57.7 Å². The third-order valence-corrected chi connectivity index (χ3v) is 3.46. The van der Waals surface area contributed by atoms with Gasteiger partial charge in [0.05, 0.1) is 6.04 Å². The molecule has 1 aliphatic rings. The van der Waals surface area contributed by atoms with Crippen LogP contribution in [0.1, 0.15) is 39.5 Å². The third-order valence-electron chi connectivity index (χ3n) is 3.46. The van der Waals surface area contributed by atoms with Crippen molar-refractivity contribution in [1.82, 2.24) is 4.90 Å². The molecule has 0 radical (unpaired) electrons. The number of nitrogens with two attached hydrogens (primary N) is 1. The molecule has 1 amide bonds. The molecule has 0 bridgehead atoms. The Balaban J connectivity index is 2.56. The number of carbonyl (C=O) groups excluding carboxylic acids is 1. The van der Waals surface area contributed by atoms with Crippen LogP contribution in [0, 0.1) is 0 Å². The van der Waals surface area contributed by atoms with E-state index in [0.717, 1.165) is 19.3 Å². The summed E-state index contributed by atoms with van der Waals surface area (Å²) in [7, 11) is 1.63. The molecule has 4 nitrogen and oxygen atoms in total. The topological polar surface area (TPSA) is 55.6 Å². The lowest BCUT2D eigenvalue weighted by atomic mass is 10.1. The molecule has 3 unspecified atom stereocenters. The van der Waals surface area contributed by atoms with E-state index < -0.39 is 6.04 Å². The Morgan fingerprint density at radius 1 is 1.56 bits per heavy atom. The van der Waals surface area contributed by atoms with Crippen LogP contribution in [0.15, 0.2) is 0 Å². The van der Waals surface area contributed by atoms with Crippen LogP contribution >= 0.6 is 0 Å². The van der Waals surface area contributed by atoms with E-state index in [4.69, 9.17) is 10.5 Å². The first-order valence-corrected chi connectivity index (χ1v) is 6.18. The first-order valence-electron chi connectivity index (χ1n) is 6.18. The van der Waals surface area contributed by atoms with Gasteiger partial charge in [-0.2, -0.15) is 0 Å². The molecule has 1 rings (SSSR count). The van der Waals surface area contributed by atoms with Crippen molar-refractivity contribution in [3.8, 4) is 0 Å². The van der Waals surface area contributed by atoms with Gasteiger partial charge in [-0.1, -0.05) is 6.92 Å². The molecule has 2 N–H and O–H groups in total. The lowest BCUT2D eigenvalue weighted by molar-refractivity contribution is -0.135. The Hall–Kier alpha value is -0.610. The second kappa shape index (κ2) is 6.21. The number of amides is 1. The van der Waals surface area contributed by atoms with E-state index in [1.165, 1.54) is 0 Å². The predicted octanol–water partition coefficient (Wildman–Crippen LogP) is 1.14. The van der Waals surface area contributed by atoms with Gasteiger partial charge in [0.25, 0.3) is 0 Å². The fraction of sp³-hybridized carbons (Fsp3) is 0.917. The summed E-state index contributed by atoms with van der Waals surface area (Å²) in [4.78, 5) is 14.2. The van der Waals surface area contributed by atoms with Crippen LogP contribution in [0.3, 0.4) is 0 Å². The van der Waals surface area contributed by atoms with E-state index >= 15 is 0 Å². The lowest BCUT2D eigenvalue weighted by Crippen LogP contribution is -2.48. The van der Waals surface area contributed by atoms with Gasteiger partial charge in [0.15, 0.2) is 0 Å². The Bertz CT molecular complexity index is 233. The van der Waals surface area contributed by atoms with Gasteiger partial charge >= 0.3 is 0 Å². The van der Waals surface area contributed by atoms with Gasteiger partial charge in [-0.3, -0.25) is 4.79 Å². The van der Waals surface area contributed by atoms with Crippen LogP contribution in [0.2, 0.25) is 0 Å². The van der Waals surface area contributed by atoms with Crippen LogP contribution < -0.4 is 5.73 Å². The Kier molecular flexibility index (Phi) is 5.22. The summed E-state index contributed by atoms with van der Waals surface area (Å²) in [5.74, 6) is 0.0916. The van der Waals surface area contributed by atoms with Crippen LogP contribution in [0.4, 0.5) is 0 Å². The van der Waals surface area contributed by atoms with Crippen molar-refractivity contribution in [3.05, 3.63) is 0 Å². The highest BCUT2D eigenvalue weighted by molar-refractivity contribution is 5.82. The normalized spacial score (nSPS) is 27.1. The Morgan fingerprint density at radius 2 is 2.25 bits per heavy atom. The predicted molar refractivity (Wildman–Crippen MR) is 64.1 cm³/mol.